The van der Waals surface area contributed by atoms with E-state index in [1.165, 1.54) is 25.7 Å². The Kier molecular flexibility index (Phi) is 3.57. The highest BCUT2D eigenvalue weighted by Gasteiger charge is 2.44. The van der Waals surface area contributed by atoms with Gasteiger partial charge in [-0.1, -0.05) is 12.8 Å². The zero-order valence-corrected chi connectivity index (χ0v) is 10.7. The molecule has 2 aliphatic carbocycles. The molecule has 1 N–H and O–H groups in total. The van der Waals surface area contributed by atoms with Gasteiger partial charge in [0.2, 0.25) is 0 Å². The highest BCUT2D eigenvalue weighted by molar-refractivity contribution is 5.67. The molecule has 0 bridgehead atoms. The van der Waals surface area contributed by atoms with E-state index in [0.29, 0.717) is 36.8 Å². The monoisotopic (exact) mass is 254 g/mol. The summed E-state index contributed by atoms with van der Waals surface area (Å²) >= 11 is 0. The first-order valence-electron chi connectivity index (χ1n) is 7.25. The predicted octanol–water partition coefficient (Wildman–Crippen LogP) is 2.36. The van der Waals surface area contributed by atoms with Crippen molar-refractivity contribution in [3.05, 3.63) is 0 Å². The lowest BCUT2D eigenvalue weighted by Crippen LogP contribution is -2.16. The maximum absolute atomic E-state index is 10.3. The van der Waals surface area contributed by atoms with E-state index in [0.717, 1.165) is 19.3 Å². The number of aliphatic carboxylic acids is 1. The molecule has 4 fully saturated rings. The van der Waals surface area contributed by atoms with Crippen molar-refractivity contribution in [1.29, 1.82) is 0 Å². The van der Waals surface area contributed by atoms with Crippen LogP contribution in [0.4, 0.5) is 0 Å². The maximum Gasteiger partial charge on any atom is 0.303 e. The third-order valence-electron chi connectivity index (χ3n) is 4.49. The van der Waals surface area contributed by atoms with Crippen LogP contribution < -0.4 is 0 Å². The molecular formula is C14H22O4. The molecule has 2 saturated heterocycles. The van der Waals surface area contributed by atoms with Crippen LogP contribution in [-0.4, -0.2) is 35.5 Å². The van der Waals surface area contributed by atoms with Crippen LogP contribution in [0.15, 0.2) is 0 Å². The van der Waals surface area contributed by atoms with Crippen molar-refractivity contribution in [1.82, 2.24) is 0 Å². The number of fused-ring (bicyclic) bond motifs is 2. The number of epoxide rings is 2. The summed E-state index contributed by atoms with van der Waals surface area (Å²) in [5, 5.41) is 8.52. The average Bonchev–Trinajstić information content (AvgIpc) is 3.23. The third kappa shape index (κ3) is 3.23. The van der Waals surface area contributed by atoms with Gasteiger partial charge in [-0.15, -0.1) is 0 Å². The van der Waals surface area contributed by atoms with Crippen LogP contribution >= 0.6 is 0 Å². The summed E-state index contributed by atoms with van der Waals surface area (Å²) in [6.45, 7) is 0. The molecule has 5 unspecified atom stereocenters. The van der Waals surface area contributed by atoms with Crippen LogP contribution in [0, 0.1) is 5.92 Å². The van der Waals surface area contributed by atoms with Crippen LogP contribution in [-0.2, 0) is 14.3 Å². The van der Waals surface area contributed by atoms with E-state index >= 15 is 0 Å². The molecule has 4 heteroatoms. The van der Waals surface area contributed by atoms with E-state index < -0.39 is 5.97 Å². The molecule has 4 rings (SSSR count). The maximum atomic E-state index is 10.3. The number of rotatable bonds is 2. The Morgan fingerprint density at radius 1 is 0.944 bits per heavy atom. The lowest BCUT2D eigenvalue weighted by atomic mass is 9.87. The van der Waals surface area contributed by atoms with Gasteiger partial charge < -0.3 is 14.6 Å². The van der Waals surface area contributed by atoms with Crippen molar-refractivity contribution in [2.75, 3.05) is 0 Å². The largest absolute Gasteiger partial charge is 0.481 e. The van der Waals surface area contributed by atoms with E-state index in [2.05, 4.69) is 0 Å². The zero-order valence-electron chi connectivity index (χ0n) is 10.7. The number of carboxylic acids is 1. The summed E-state index contributed by atoms with van der Waals surface area (Å²) in [5.74, 6) is -0.301. The van der Waals surface area contributed by atoms with E-state index in [4.69, 9.17) is 14.6 Å². The van der Waals surface area contributed by atoms with Crippen molar-refractivity contribution >= 4 is 5.97 Å². The fraction of sp³-hybridized carbons (Fsp3) is 0.929. The average molecular weight is 254 g/mol. The second kappa shape index (κ2) is 5.17. The van der Waals surface area contributed by atoms with Crippen LogP contribution in [0.1, 0.15) is 51.4 Å². The van der Waals surface area contributed by atoms with Crippen LogP contribution in [0.5, 0.6) is 0 Å². The molecule has 4 nitrogen and oxygen atoms in total. The summed E-state index contributed by atoms with van der Waals surface area (Å²) in [7, 11) is 0. The topological polar surface area (TPSA) is 62.4 Å². The van der Waals surface area contributed by atoms with Gasteiger partial charge in [-0.05, 0) is 38.0 Å². The molecule has 4 aliphatic rings. The first-order valence-corrected chi connectivity index (χ1v) is 7.25. The summed E-state index contributed by atoms with van der Waals surface area (Å²) in [6, 6.07) is 0. The number of hydrogen-bond acceptors (Lipinski definition) is 3. The first kappa shape index (κ1) is 12.4. The first-order chi connectivity index (χ1) is 8.72. The van der Waals surface area contributed by atoms with Gasteiger partial charge in [-0.2, -0.15) is 0 Å². The van der Waals surface area contributed by atoms with Gasteiger partial charge in [0.15, 0.2) is 0 Å². The smallest absolute Gasteiger partial charge is 0.303 e. The molecule has 0 aromatic rings. The number of hydrogen-bond donors (Lipinski definition) is 1. The lowest BCUT2D eigenvalue weighted by Gasteiger charge is -2.15. The molecule has 0 amide bonds. The Bertz CT molecular complexity index is 307. The van der Waals surface area contributed by atoms with Crippen molar-refractivity contribution in [2.24, 2.45) is 5.92 Å². The third-order valence-corrected chi connectivity index (χ3v) is 4.49. The fourth-order valence-corrected chi connectivity index (χ4v) is 3.30. The van der Waals surface area contributed by atoms with Gasteiger partial charge in [-0.25, -0.2) is 0 Å². The van der Waals surface area contributed by atoms with Crippen molar-refractivity contribution < 1.29 is 19.4 Å². The van der Waals surface area contributed by atoms with Crippen molar-refractivity contribution in [3.63, 3.8) is 0 Å². The molecule has 0 radical (unpaired) electrons. The molecule has 2 aliphatic heterocycles. The quantitative estimate of drug-likeness (QED) is 0.768. The minimum atomic E-state index is -0.672. The molecule has 18 heavy (non-hydrogen) atoms. The van der Waals surface area contributed by atoms with Crippen molar-refractivity contribution in [3.8, 4) is 0 Å². The SMILES string of the molecule is C1CCC2OC2C1.O=C(O)CC1CCC2OC2C1. The van der Waals surface area contributed by atoms with E-state index in [1.807, 2.05) is 0 Å². The van der Waals surface area contributed by atoms with Crippen LogP contribution in [0.2, 0.25) is 0 Å². The highest BCUT2D eigenvalue weighted by Crippen LogP contribution is 2.40. The van der Waals surface area contributed by atoms with Crippen molar-refractivity contribution in [2.45, 2.75) is 75.8 Å². The molecule has 5 atom stereocenters. The molecule has 102 valence electrons. The fourth-order valence-electron chi connectivity index (χ4n) is 3.30. The Labute approximate surface area is 108 Å². The molecule has 0 aromatic heterocycles. The second-order valence-electron chi connectivity index (χ2n) is 5.99. The summed E-state index contributed by atoms with van der Waals surface area (Å²) in [5.41, 5.74) is 0. The predicted molar refractivity (Wildman–Crippen MR) is 65.4 cm³/mol. The van der Waals surface area contributed by atoms with Gasteiger partial charge in [-0.3, -0.25) is 4.79 Å². The summed E-state index contributed by atoms with van der Waals surface area (Å²) in [6.07, 6.45) is 11.2. The van der Waals surface area contributed by atoms with E-state index in [9.17, 15) is 4.79 Å². The normalized spacial score (nSPS) is 43.9. The van der Waals surface area contributed by atoms with Gasteiger partial charge in [0.25, 0.3) is 0 Å². The minimum absolute atomic E-state index is 0.326. The van der Waals surface area contributed by atoms with Gasteiger partial charge in [0.05, 0.1) is 24.4 Å². The number of carboxylic acid groups (broad SMARTS) is 1. The molecule has 2 heterocycles. The molecule has 0 spiro atoms. The van der Waals surface area contributed by atoms with E-state index in [-0.39, 0.29) is 0 Å². The number of ether oxygens (including phenoxy) is 2. The Balaban J connectivity index is 0.000000122. The van der Waals surface area contributed by atoms with Gasteiger partial charge in [0.1, 0.15) is 0 Å². The molecular weight excluding hydrogens is 232 g/mol. The summed E-state index contributed by atoms with van der Waals surface area (Å²) in [4.78, 5) is 10.3. The minimum Gasteiger partial charge on any atom is -0.481 e. The molecule has 2 saturated carbocycles. The second-order valence-corrected chi connectivity index (χ2v) is 5.99. The number of carbonyl (C=O) groups is 1. The molecule has 0 aromatic carbocycles. The Morgan fingerprint density at radius 2 is 1.56 bits per heavy atom. The summed E-state index contributed by atoms with van der Waals surface area (Å²) < 4.78 is 10.6. The van der Waals surface area contributed by atoms with Gasteiger partial charge in [0, 0.05) is 6.42 Å². The standard InChI is InChI=1S/C8H12O3.C6H10O/c9-8(10)4-5-1-2-6-7(3-5)11-6;1-2-4-6-5(3-1)7-6/h5-7H,1-4H2,(H,9,10);5-6H,1-4H2. The van der Waals surface area contributed by atoms with Gasteiger partial charge >= 0.3 is 5.97 Å². The highest BCUT2D eigenvalue weighted by atomic mass is 16.6. The van der Waals surface area contributed by atoms with E-state index in [1.54, 1.807) is 0 Å². The van der Waals surface area contributed by atoms with Crippen LogP contribution in [0.3, 0.4) is 0 Å². The zero-order chi connectivity index (χ0) is 12.5. The lowest BCUT2D eigenvalue weighted by molar-refractivity contribution is -0.138. The van der Waals surface area contributed by atoms with Crippen LogP contribution in [0.25, 0.3) is 0 Å². The Hall–Kier alpha value is -0.610. The Morgan fingerprint density at radius 3 is 2.11 bits per heavy atom.